The lowest BCUT2D eigenvalue weighted by molar-refractivity contribution is 0.444. The van der Waals surface area contributed by atoms with Crippen molar-refractivity contribution in [3.05, 3.63) is 69.6 Å². The quantitative estimate of drug-likeness (QED) is 0.709. The van der Waals surface area contributed by atoms with Crippen molar-refractivity contribution >= 4 is 23.4 Å². The molecule has 3 nitrogen and oxygen atoms in total. The van der Waals surface area contributed by atoms with Gasteiger partial charge in [0.15, 0.2) is 0 Å². The maximum Gasteiger partial charge on any atom is 0.149 e. The number of anilines is 1. The van der Waals surface area contributed by atoms with Crippen molar-refractivity contribution in [3.63, 3.8) is 0 Å². The molecular weight excluding hydrogens is 289 g/mol. The van der Waals surface area contributed by atoms with Gasteiger partial charge in [0.25, 0.3) is 0 Å². The van der Waals surface area contributed by atoms with Gasteiger partial charge in [-0.05, 0) is 30.8 Å². The standard InChI is InChI=1S/C16H15ClFN3/c1-9-5-6-11-10(15(9)19)7-8-21-16(11,20)12-3-2-4-13(17)14(12)18/h2-8,21H,19-20H2,1H3. The Morgan fingerprint density at radius 1 is 1.19 bits per heavy atom. The molecule has 2 aromatic rings. The molecule has 0 saturated heterocycles. The van der Waals surface area contributed by atoms with E-state index in [1.54, 1.807) is 18.3 Å². The third-order valence-corrected chi connectivity index (χ3v) is 4.16. The summed E-state index contributed by atoms with van der Waals surface area (Å²) in [6, 6.07) is 8.52. The second-order valence-electron chi connectivity index (χ2n) is 5.14. The smallest absolute Gasteiger partial charge is 0.149 e. The van der Waals surface area contributed by atoms with Crippen LogP contribution in [-0.2, 0) is 5.66 Å². The summed E-state index contributed by atoms with van der Waals surface area (Å²) in [6.07, 6.45) is 3.52. The molecule has 3 rings (SSSR count). The number of nitrogen functional groups attached to an aromatic ring is 1. The zero-order valence-electron chi connectivity index (χ0n) is 11.5. The van der Waals surface area contributed by atoms with Gasteiger partial charge in [0.1, 0.15) is 11.5 Å². The van der Waals surface area contributed by atoms with Gasteiger partial charge in [-0.2, -0.15) is 0 Å². The van der Waals surface area contributed by atoms with Gasteiger partial charge in [0.05, 0.1) is 5.02 Å². The Balaban J connectivity index is 2.28. The molecule has 1 atom stereocenters. The number of hydrogen-bond acceptors (Lipinski definition) is 3. The largest absolute Gasteiger partial charge is 0.398 e. The van der Waals surface area contributed by atoms with Crippen molar-refractivity contribution in [3.8, 4) is 0 Å². The Hall–Kier alpha value is -2.04. The fraction of sp³-hybridized carbons (Fsp3) is 0.125. The van der Waals surface area contributed by atoms with Crippen molar-refractivity contribution in [1.29, 1.82) is 0 Å². The highest BCUT2D eigenvalue weighted by atomic mass is 35.5. The van der Waals surface area contributed by atoms with E-state index in [1.807, 2.05) is 25.1 Å². The van der Waals surface area contributed by atoms with Crippen LogP contribution >= 0.6 is 11.6 Å². The molecule has 1 heterocycles. The molecule has 1 aliphatic rings. The second-order valence-corrected chi connectivity index (χ2v) is 5.55. The SMILES string of the molecule is Cc1ccc2c(c1N)C=CNC2(N)c1cccc(Cl)c1F. The number of rotatable bonds is 1. The fourth-order valence-electron chi connectivity index (χ4n) is 2.63. The molecule has 21 heavy (non-hydrogen) atoms. The molecule has 0 aromatic heterocycles. The monoisotopic (exact) mass is 303 g/mol. The normalized spacial score (nSPS) is 20.0. The summed E-state index contributed by atoms with van der Waals surface area (Å²) in [6.45, 7) is 1.92. The van der Waals surface area contributed by atoms with Crippen molar-refractivity contribution in [2.24, 2.45) is 5.73 Å². The number of fused-ring (bicyclic) bond motifs is 1. The molecule has 0 aliphatic carbocycles. The van der Waals surface area contributed by atoms with Crippen LogP contribution in [0.5, 0.6) is 0 Å². The average molecular weight is 304 g/mol. The first kappa shape index (κ1) is 13.9. The van der Waals surface area contributed by atoms with E-state index in [0.717, 1.165) is 11.1 Å². The zero-order valence-corrected chi connectivity index (χ0v) is 12.2. The minimum absolute atomic E-state index is 0.0373. The molecule has 0 amide bonds. The molecule has 0 radical (unpaired) electrons. The van der Waals surface area contributed by atoms with Crippen LogP contribution in [-0.4, -0.2) is 0 Å². The molecule has 0 spiro atoms. The van der Waals surface area contributed by atoms with E-state index in [-0.39, 0.29) is 10.6 Å². The molecule has 2 aromatic carbocycles. The highest BCUT2D eigenvalue weighted by molar-refractivity contribution is 6.30. The Kier molecular flexibility index (Phi) is 3.15. The predicted octanol–water partition coefficient (Wildman–Crippen LogP) is 3.10. The minimum Gasteiger partial charge on any atom is -0.398 e. The van der Waals surface area contributed by atoms with Crippen LogP contribution in [0, 0.1) is 12.7 Å². The molecule has 108 valence electrons. The van der Waals surface area contributed by atoms with E-state index >= 15 is 0 Å². The fourth-order valence-corrected chi connectivity index (χ4v) is 2.81. The maximum atomic E-state index is 14.4. The molecule has 1 aliphatic heterocycles. The van der Waals surface area contributed by atoms with Gasteiger partial charge in [-0.25, -0.2) is 4.39 Å². The summed E-state index contributed by atoms with van der Waals surface area (Å²) in [7, 11) is 0. The van der Waals surface area contributed by atoms with E-state index in [1.165, 1.54) is 6.07 Å². The lowest BCUT2D eigenvalue weighted by Gasteiger charge is -2.36. The maximum absolute atomic E-state index is 14.4. The first-order chi connectivity index (χ1) is 9.95. The average Bonchev–Trinajstić information content (AvgIpc) is 2.46. The van der Waals surface area contributed by atoms with E-state index < -0.39 is 11.5 Å². The third-order valence-electron chi connectivity index (χ3n) is 3.87. The van der Waals surface area contributed by atoms with Crippen LogP contribution in [0.3, 0.4) is 0 Å². The molecule has 1 unspecified atom stereocenters. The topological polar surface area (TPSA) is 64.1 Å². The summed E-state index contributed by atoms with van der Waals surface area (Å²) < 4.78 is 14.4. The zero-order chi connectivity index (χ0) is 15.2. The minimum atomic E-state index is -1.21. The van der Waals surface area contributed by atoms with Crippen LogP contribution in [0.15, 0.2) is 36.5 Å². The number of nitrogens with one attached hydrogen (secondary N) is 1. The lowest BCUT2D eigenvalue weighted by Crippen LogP contribution is -2.51. The van der Waals surface area contributed by atoms with E-state index in [0.29, 0.717) is 11.3 Å². The van der Waals surface area contributed by atoms with Gasteiger partial charge in [0, 0.05) is 22.4 Å². The van der Waals surface area contributed by atoms with Gasteiger partial charge in [-0.3, -0.25) is 0 Å². The Labute approximate surface area is 127 Å². The summed E-state index contributed by atoms with van der Waals surface area (Å²) in [5, 5.41) is 3.06. The van der Waals surface area contributed by atoms with Crippen molar-refractivity contribution in [1.82, 2.24) is 5.32 Å². The number of halogens is 2. The molecule has 0 bridgehead atoms. The van der Waals surface area contributed by atoms with Crippen molar-refractivity contribution < 1.29 is 4.39 Å². The van der Waals surface area contributed by atoms with Crippen molar-refractivity contribution in [2.75, 3.05) is 5.73 Å². The first-order valence-electron chi connectivity index (χ1n) is 6.52. The molecule has 5 N–H and O–H groups in total. The van der Waals surface area contributed by atoms with Crippen LogP contribution in [0.1, 0.15) is 22.3 Å². The molecule has 0 saturated carbocycles. The van der Waals surface area contributed by atoms with Crippen LogP contribution in [0.25, 0.3) is 6.08 Å². The number of hydrogen-bond donors (Lipinski definition) is 3. The number of nitrogens with two attached hydrogens (primary N) is 2. The summed E-state index contributed by atoms with van der Waals surface area (Å²) in [4.78, 5) is 0. The number of benzene rings is 2. The lowest BCUT2D eigenvalue weighted by atomic mass is 9.84. The summed E-state index contributed by atoms with van der Waals surface area (Å²) >= 11 is 5.88. The molecular formula is C16H15ClFN3. The third kappa shape index (κ3) is 1.99. The van der Waals surface area contributed by atoms with Crippen LogP contribution in [0.4, 0.5) is 10.1 Å². The van der Waals surface area contributed by atoms with Gasteiger partial charge in [0.2, 0.25) is 0 Å². The van der Waals surface area contributed by atoms with Crippen LogP contribution in [0.2, 0.25) is 5.02 Å². The highest BCUT2D eigenvalue weighted by Crippen LogP contribution is 2.37. The van der Waals surface area contributed by atoms with E-state index in [9.17, 15) is 4.39 Å². The summed E-state index contributed by atoms with van der Waals surface area (Å²) in [5.74, 6) is -0.533. The molecule has 0 fully saturated rings. The Bertz CT molecular complexity index is 757. The predicted molar refractivity (Wildman–Crippen MR) is 84.1 cm³/mol. The summed E-state index contributed by atoms with van der Waals surface area (Å²) in [5.41, 5.74) is 14.8. The molecule has 5 heteroatoms. The second kappa shape index (κ2) is 4.76. The van der Waals surface area contributed by atoms with E-state index in [4.69, 9.17) is 23.1 Å². The van der Waals surface area contributed by atoms with E-state index in [2.05, 4.69) is 5.32 Å². The Morgan fingerprint density at radius 2 is 1.95 bits per heavy atom. The van der Waals surface area contributed by atoms with Gasteiger partial charge in [-0.15, -0.1) is 0 Å². The number of aryl methyl sites for hydroxylation is 1. The van der Waals surface area contributed by atoms with Gasteiger partial charge in [-0.1, -0.05) is 35.9 Å². The highest BCUT2D eigenvalue weighted by Gasteiger charge is 2.36. The first-order valence-corrected chi connectivity index (χ1v) is 6.90. The Morgan fingerprint density at radius 3 is 2.71 bits per heavy atom. The van der Waals surface area contributed by atoms with Gasteiger partial charge < -0.3 is 16.8 Å². The van der Waals surface area contributed by atoms with Crippen molar-refractivity contribution in [2.45, 2.75) is 12.6 Å². The van der Waals surface area contributed by atoms with Crippen LogP contribution < -0.4 is 16.8 Å². The van der Waals surface area contributed by atoms with Gasteiger partial charge >= 0.3 is 0 Å².